The SMILES string of the molecule is COc1c(C)c(CCCCCOC2CCN(C(=O)OC(C)(C)C)C2)nc2ncccc12. The van der Waals surface area contributed by atoms with E-state index >= 15 is 0 Å². The van der Waals surface area contributed by atoms with E-state index in [1.807, 2.05) is 32.9 Å². The molecule has 0 aliphatic carbocycles. The maximum Gasteiger partial charge on any atom is 0.410 e. The molecule has 1 unspecified atom stereocenters. The fraction of sp³-hybridized carbons (Fsp3) is 0.625. The Morgan fingerprint density at radius 2 is 2.06 bits per heavy atom. The lowest BCUT2D eigenvalue weighted by molar-refractivity contribution is 0.0206. The lowest BCUT2D eigenvalue weighted by Crippen LogP contribution is -2.36. The van der Waals surface area contributed by atoms with Gasteiger partial charge in [-0.2, -0.15) is 0 Å². The number of rotatable bonds is 8. The molecule has 1 aliphatic heterocycles. The molecule has 7 nitrogen and oxygen atoms in total. The first-order valence-corrected chi connectivity index (χ1v) is 11.2. The van der Waals surface area contributed by atoms with Gasteiger partial charge in [-0.15, -0.1) is 0 Å². The summed E-state index contributed by atoms with van der Waals surface area (Å²) < 4.78 is 17.0. The zero-order valence-corrected chi connectivity index (χ0v) is 19.4. The highest BCUT2D eigenvalue weighted by Crippen LogP contribution is 2.29. The van der Waals surface area contributed by atoms with Crippen LogP contribution >= 0.6 is 0 Å². The van der Waals surface area contributed by atoms with Gasteiger partial charge in [-0.25, -0.2) is 14.8 Å². The van der Waals surface area contributed by atoms with Crippen LogP contribution in [0.25, 0.3) is 11.0 Å². The third kappa shape index (κ3) is 6.29. The number of aromatic nitrogens is 2. The standard InChI is InChI=1S/C24H35N3O4/c1-17-20(26-22-19(21(17)29-5)10-9-13-25-22)11-7-6-8-15-30-18-12-14-27(16-18)23(28)31-24(2,3)4/h9-10,13,18H,6-8,11-12,14-16H2,1-5H3. The van der Waals surface area contributed by atoms with Crippen LogP contribution in [-0.2, 0) is 15.9 Å². The van der Waals surface area contributed by atoms with Crippen molar-refractivity contribution in [1.82, 2.24) is 14.9 Å². The van der Waals surface area contributed by atoms with E-state index in [9.17, 15) is 4.79 Å². The van der Waals surface area contributed by atoms with Gasteiger partial charge >= 0.3 is 6.09 Å². The molecule has 1 atom stereocenters. The fourth-order valence-electron chi connectivity index (χ4n) is 3.89. The third-order valence-electron chi connectivity index (χ3n) is 5.46. The van der Waals surface area contributed by atoms with Gasteiger partial charge in [-0.05, 0) is 65.5 Å². The number of ether oxygens (including phenoxy) is 3. The number of pyridine rings is 2. The zero-order valence-electron chi connectivity index (χ0n) is 19.4. The molecular weight excluding hydrogens is 394 g/mol. The van der Waals surface area contributed by atoms with Crippen LogP contribution in [0.3, 0.4) is 0 Å². The number of hydrogen-bond acceptors (Lipinski definition) is 6. The van der Waals surface area contributed by atoms with Gasteiger partial charge in [-0.1, -0.05) is 6.42 Å². The van der Waals surface area contributed by atoms with Gasteiger partial charge in [-0.3, -0.25) is 0 Å². The molecule has 0 radical (unpaired) electrons. The van der Waals surface area contributed by atoms with Gasteiger partial charge in [0.1, 0.15) is 11.4 Å². The number of methoxy groups -OCH3 is 1. The second-order valence-electron chi connectivity index (χ2n) is 9.11. The Morgan fingerprint density at radius 3 is 2.81 bits per heavy atom. The Kier molecular flexibility index (Phi) is 7.70. The highest BCUT2D eigenvalue weighted by atomic mass is 16.6. The Bertz CT molecular complexity index is 894. The highest BCUT2D eigenvalue weighted by Gasteiger charge is 2.30. The van der Waals surface area contributed by atoms with E-state index < -0.39 is 5.60 Å². The Hall–Kier alpha value is -2.41. The van der Waals surface area contributed by atoms with Gasteiger partial charge < -0.3 is 19.1 Å². The van der Waals surface area contributed by atoms with Crippen molar-refractivity contribution in [2.75, 3.05) is 26.8 Å². The summed E-state index contributed by atoms with van der Waals surface area (Å²) in [6.07, 6.45) is 6.47. The molecule has 0 bridgehead atoms. The number of likely N-dealkylation sites (tertiary alicyclic amines) is 1. The molecule has 2 aromatic rings. The fourth-order valence-corrected chi connectivity index (χ4v) is 3.89. The molecule has 3 heterocycles. The van der Waals surface area contributed by atoms with Crippen LogP contribution in [0.1, 0.15) is 57.7 Å². The van der Waals surface area contributed by atoms with E-state index in [2.05, 4.69) is 11.9 Å². The van der Waals surface area contributed by atoms with Crippen LogP contribution in [-0.4, -0.2) is 59.5 Å². The topological polar surface area (TPSA) is 73.8 Å². The molecule has 3 rings (SSSR count). The summed E-state index contributed by atoms with van der Waals surface area (Å²) in [6.45, 7) is 9.74. The molecule has 1 amide bonds. The van der Waals surface area contributed by atoms with Gasteiger partial charge in [0.25, 0.3) is 0 Å². The first-order valence-electron chi connectivity index (χ1n) is 11.2. The van der Waals surface area contributed by atoms with Crippen LogP contribution in [0.15, 0.2) is 18.3 Å². The first kappa shape index (κ1) is 23.3. The van der Waals surface area contributed by atoms with Crippen molar-refractivity contribution in [1.29, 1.82) is 0 Å². The van der Waals surface area contributed by atoms with E-state index in [4.69, 9.17) is 19.2 Å². The number of aryl methyl sites for hydroxylation is 1. The summed E-state index contributed by atoms with van der Waals surface area (Å²) in [5.41, 5.74) is 2.41. The molecule has 0 saturated carbocycles. The monoisotopic (exact) mass is 429 g/mol. The number of unbranched alkanes of at least 4 members (excludes halogenated alkanes) is 2. The van der Waals surface area contributed by atoms with Crippen molar-refractivity contribution < 1.29 is 19.0 Å². The quantitative estimate of drug-likeness (QED) is 0.567. The largest absolute Gasteiger partial charge is 0.496 e. The Labute approximate surface area is 185 Å². The lowest BCUT2D eigenvalue weighted by atomic mass is 10.1. The molecule has 170 valence electrons. The van der Waals surface area contributed by atoms with E-state index in [1.165, 1.54) is 0 Å². The highest BCUT2D eigenvalue weighted by molar-refractivity contribution is 5.83. The van der Waals surface area contributed by atoms with Gasteiger partial charge in [0.2, 0.25) is 0 Å². The number of amides is 1. The second-order valence-corrected chi connectivity index (χ2v) is 9.11. The molecule has 0 spiro atoms. The van der Waals surface area contributed by atoms with Crippen molar-refractivity contribution in [2.24, 2.45) is 0 Å². The average Bonchev–Trinajstić information content (AvgIpc) is 3.19. The van der Waals surface area contributed by atoms with Gasteiger partial charge in [0.15, 0.2) is 5.65 Å². The van der Waals surface area contributed by atoms with Crippen LogP contribution in [0, 0.1) is 6.92 Å². The lowest BCUT2D eigenvalue weighted by Gasteiger charge is -2.24. The van der Waals surface area contributed by atoms with Crippen LogP contribution in [0.4, 0.5) is 4.79 Å². The molecular formula is C24H35N3O4. The third-order valence-corrected chi connectivity index (χ3v) is 5.46. The summed E-state index contributed by atoms with van der Waals surface area (Å²) in [7, 11) is 1.70. The normalized spacial score (nSPS) is 16.7. The predicted molar refractivity (Wildman–Crippen MR) is 121 cm³/mol. The molecule has 31 heavy (non-hydrogen) atoms. The number of fused-ring (bicyclic) bond motifs is 1. The van der Waals surface area contributed by atoms with E-state index in [1.54, 1.807) is 18.2 Å². The van der Waals surface area contributed by atoms with E-state index in [-0.39, 0.29) is 12.2 Å². The van der Waals surface area contributed by atoms with Crippen molar-refractivity contribution in [2.45, 2.75) is 71.5 Å². The van der Waals surface area contributed by atoms with Crippen molar-refractivity contribution in [3.63, 3.8) is 0 Å². The summed E-state index contributed by atoms with van der Waals surface area (Å²) in [4.78, 5) is 23.0. The van der Waals surface area contributed by atoms with Crippen LogP contribution in [0.5, 0.6) is 5.75 Å². The first-order chi connectivity index (χ1) is 14.8. The molecule has 1 fully saturated rings. The molecule has 1 aliphatic rings. The molecule has 1 saturated heterocycles. The van der Waals surface area contributed by atoms with Crippen LogP contribution < -0.4 is 4.74 Å². The average molecular weight is 430 g/mol. The van der Waals surface area contributed by atoms with Crippen molar-refractivity contribution in [3.8, 4) is 5.75 Å². The zero-order chi connectivity index (χ0) is 22.4. The summed E-state index contributed by atoms with van der Waals surface area (Å²) in [5.74, 6) is 0.868. The molecule has 2 aromatic heterocycles. The summed E-state index contributed by atoms with van der Waals surface area (Å²) in [5, 5.41) is 0.955. The van der Waals surface area contributed by atoms with Gasteiger partial charge in [0.05, 0.1) is 25.1 Å². The predicted octanol–water partition coefficient (Wildman–Crippen LogP) is 4.69. The van der Waals surface area contributed by atoms with E-state index in [0.29, 0.717) is 19.7 Å². The Morgan fingerprint density at radius 1 is 1.26 bits per heavy atom. The number of carbonyl (C=O) groups excluding carboxylic acids is 1. The molecule has 0 aromatic carbocycles. The number of hydrogen-bond donors (Lipinski definition) is 0. The summed E-state index contributed by atoms with van der Waals surface area (Å²) in [6, 6.07) is 3.90. The second kappa shape index (κ2) is 10.3. The van der Waals surface area contributed by atoms with Crippen LogP contribution in [0.2, 0.25) is 0 Å². The maximum absolute atomic E-state index is 12.1. The van der Waals surface area contributed by atoms with Crippen molar-refractivity contribution >= 4 is 17.1 Å². The maximum atomic E-state index is 12.1. The summed E-state index contributed by atoms with van der Waals surface area (Å²) >= 11 is 0. The minimum absolute atomic E-state index is 0.104. The Balaban J connectivity index is 1.39. The van der Waals surface area contributed by atoms with Crippen molar-refractivity contribution in [3.05, 3.63) is 29.6 Å². The minimum Gasteiger partial charge on any atom is -0.496 e. The molecule has 0 N–H and O–H groups in total. The smallest absolute Gasteiger partial charge is 0.410 e. The van der Waals surface area contributed by atoms with Gasteiger partial charge in [0, 0.05) is 30.6 Å². The number of nitrogens with zero attached hydrogens (tertiary/aromatic N) is 3. The molecule has 7 heteroatoms. The minimum atomic E-state index is -0.464. The van der Waals surface area contributed by atoms with E-state index in [0.717, 1.165) is 60.1 Å². The number of carbonyl (C=O) groups is 1.